The Kier molecular flexibility index (Phi) is 7.52. The number of carbonyl (C=O) groups is 2. The Hall–Kier alpha value is -1.77. The van der Waals surface area contributed by atoms with Gasteiger partial charge in [-0.05, 0) is 37.0 Å². The summed E-state index contributed by atoms with van der Waals surface area (Å²) in [6.45, 7) is 2.69. The molecule has 2 amide bonds. The molecule has 0 saturated carbocycles. The van der Waals surface area contributed by atoms with E-state index in [9.17, 15) is 18.4 Å². The molecule has 2 fully saturated rings. The van der Waals surface area contributed by atoms with Crippen molar-refractivity contribution in [1.82, 2.24) is 9.80 Å². The van der Waals surface area contributed by atoms with Crippen LogP contribution in [0.2, 0.25) is 0 Å². The van der Waals surface area contributed by atoms with Crippen LogP contribution in [0, 0.1) is 17.6 Å². The van der Waals surface area contributed by atoms with Gasteiger partial charge < -0.3 is 20.3 Å². The minimum atomic E-state index is -1.05. The Bertz CT molecular complexity index is 678. The maximum absolute atomic E-state index is 13.3. The van der Waals surface area contributed by atoms with Gasteiger partial charge >= 0.3 is 0 Å². The number of carbonyl (C=O) groups excluding carboxylic acids is 2. The summed E-state index contributed by atoms with van der Waals surface area (Å²) in [5.41, 5.74) is 6.23. The van der Waals surface area contributed by atoms with E-state index in [0.717, 1.165) is 25.0 Å². The number of halogens is 3. The summed E-state index contributed by atoms with van der Waals surface area (Å²) < 4.78 is 31.6. The van der Waals surface area contributed by atoms with Crippen molar-refractivity contribution >= 4 is 24.2 Å². The smallest absolute Gasteiger partial charge is 0.254 e. The van der Waals surface area contributed by atoms with Gasteiger partial charge in [0, 0.05) is 45.0 Å². The van der Waals surface area contributed by atoms with Crippen LogP contribution in [0.25, 0.3) is 0 Å². The van der Waals surface area contributed by atoms with Crippen molar-refractivity contribution in [2.24, 2.45) is 11.7 Å². The second-order valence-electron chi connectivity index (χ2n) is 6.72. The van der Waals surface area contributed by atoms with Gasteiger partial charge in [0.05, 0.1) is 6.04 Å². The molecule has 2 saturated heterocycles. The van der Waals surface area contributed by atoms with Crippen molar-refractivity contribution in [3.63, 3.8) is 0 Å². The van der Waals surface area contributed by atoms with Crippen LogP contribution in [0.15, 0.2) is 18.2 Å². The third-order valence-corrected chi connectivity index (χ3v) is 5.10. The topological polar surface area (TPSA) is 75.9 Å². The van der Waals surface area contributed by atoms with E-state index in [1.54, 1.807) is 4.90 Å². The number of rotatable bonds is 3. The molecule has 6 nitrogen and oxygen atoms in total. The summed E-state index contributed by atoms with van der Waals surface area (Å²) in [5.74, 6) is -2.38. The number of nitrogens with zero attached hydrogens (tertiary/aromatic N) is 2. The van der Waals surface area contributed by atoms with Crippen molar-refractivity contribution in [1.29, 1.82) is 0 Å². The normalized spacial score (nSPS) is 19.4. The molecule has 9 heteroatoms. The van der Waals surface area contributed by atoms with E-state index in [4.69, 9.17) is 10.5 Å². The highest BCUT2D eigenvalue weighted by molar-refractivity contribution is 5.94. The maximum atomic E-state index is 13.3. The van der Waals surface area contributed by atoms with Crippen molar-refractivity contribution in [3.05, 3.63) is 35.4 Å². The predicted molar refractivity (Wildman–Crippen MR) is 97.6 cm³/mol. The first-order chi connectivity index (χ1) is 12.5. The van der Waals surface area contributed by atoms with E-state index >= 15 is 0 Å². The van der Waals surface area contributed by atoms with E-state index in [2.05, 4.69) is 0 Å². The molecule has 0 bridgehead atoms. The molecule has 2 aliphatic heterocycles. The molecular formula is C18H24ClF2N3O3. The van der Waals surface area contributed by atoms with Crippen molar-refractivity contribution in [2.45, 2.75) is 18.9 Å². The zero-order chi connectivity index (χ0) is 18.7. The van der Waals surface area contributed by atoms with Crippen LogP contribution in [0.3, 0.4) is 0 Å². The summed E-state index contributed by atoms with van der Waals surface area (Å²) in [4.78, 5) is 28.2. The maximum Gasteiger partial charge on any atom is 0.254 e. The number of ether oxygens (including phenoxy) is 1. The summed E-state index contributed by atoms with van der Waals surface area (Å²) in [6.07, 6.45) is 1.56. The summed E-state index contributed by atoms with van der Waals surface area (Å²) in [7, 11) is 0. The highest BCUT2D eigenvalue weighted by Crippen LogP contribution is 2.20. The van der Waals surface area contributed by atoms with Crippen LogP contribution in [-0.4, -0.2) is 67.0 Å². The highest BCUT2D eigenvalue weighted by atomic mass is 35.5. The molecule has 27 heavy (non-hydrogen) atoms. The number of hydrogen-bond donors (Lipinski definition) is 1. The minimum absolute atomic E-state index is 0. The number of benzene rings is 1. The highest BCUT2D eigenvalue weighted by Gasteiger charge is 2.32. The van der Waals surface area contributed by atoms with E-state index in [1.165, 1.54) is 11.0 Å². The van der Waals surface area contributed by atoms with Gasteiger partial charge in [-0.15, -0.1) is 12.4 Å². The van der Waals surface area contributed by atoms with Gasteiger partial charge in [0.2, 0.25) is 5.91 Å². The molecule has 0 radical (unpaired) electrons. The number of amides is 2. The second kappa shape index (κ2) is 9.43. The zero-order valence-electron chi connectivity index (χ0n) is 14.9. The molecule has 2 heterocycles. The molecular weight excluding hydrogens is 380 g/mol. The Balaban J connectivity index is 0.00000261. The van der Waals surface area contributed by atoms with E-state index in [1.807, 2.05) is 0 Å². The number of hydrogen-bond acceptors (Lipinski definition) is 4. The Labute approximate surface area is 163 Å². The Morgan fingerprint density at radius 1 is 1.04 bits per heavy atom. The quantitative estimate of drug-likeness (QED) is 0.828. The predicted octanol–water partition coefficient (Wildman–Crippen LogP) is 1.42. The van der Waals surface area contributed by atoms with Crippen LogP contribution in [0.4, 0.5) is 8.78 Å². The zero-order valence-corrected chi connectivity index (χ0v) is 15.7. The Morgan fingerprint density at radius 2 is 1.63 bits per heavy atom. The average Bonchev–Trinajstić information content (AvgIpc) is 2.69. The van der Waals surface area contributed by atoms with Crippen molar-refractivity contribution in [3.8, 4) is 0 Å². The van der Waals surface area contributed by atoms with Gasteiger partial charge in [0.1, 0.15) is 0 Å². The SMILES string of the molecule is Cl.NC(C(=O)N1CCN(C(=O)c2ccc(F)c(F)c2)CC1)C1CCOCC1. The molecule has 1 atom stereocenters. The van der Waals surface area contributed by atoms with Crippen LogP contribution in [0.1, 0.15) is 23.2 Å². The monoisotopic (exact) mass is 403 g/mol. The van der Waals surface area contributed by atoms with Crippen LogP contribution in [0.5, 0.6) is 0 Å². The van der Waals surface area contributed by atoms with E-state index < -0.39 is 17.7 Å². The fourth-order valence-electron chi connectivity index (χ4n) is 3.43. The second-order valence-corrected chi connectivity index (χ2v) is 6.72. The van der Waals surface area contributed by atoms with Crippen LogP contribution >= 0.6 is 12.4 Å². The molecule has 2 N–H and O–H groups in total. The molecule has 0 aromatic heterocycles. The first kappa shape index (κ1) is 21.5. The van der Waals surface area contributed by atoms with Gasteiger partial charge in [-0.1, -0.05) is 0 Å². The average molecular weight is 404 g/mol. The molecule has 0 aliphatic carbocycles. The lowest BCUT2D eigenvalue weighted by molar-refractivity contribution is -0.136. The van der Waals surface area contributed by atoms with E-state index in [-0.39, 0.29) is 35.7 Å². The minimum Gasteiger partial charge on any atom is -0.381 e. The largest absolute Gasteiger partial charge is 0.381 e. The van der Waals surface area contributed by atoms with Gasteiger partial charge in [-0.2, -0.15) is 0 Å². The molecule has 1 aromatic carbocycles. The summed E-state index contributed by atoms with van der Waals surface area (Å²) in [6, 6.07) is 2.55. The third-order valence-electron chi connectivity index (χ3n) is 5.10. The fraction of sp³-hybridized carbons (Fsp3) is 0.556. The van der Waals surface area contributed by atoms with Gasteiger partial charge in [-0.25, -0.2) is 8.78 Å². The van der Waals surface area contributed by atoms with Gasteiger partial charge in [0.25, 0.3) is 5.91 Å². The molecule has 2 aliphatic rings. The standard InChI is InChI=1S/C18H23F2N3O3.ClH/c19-14-2-1-13(11-15(14)20)17(24)22-5-7-23(8-6-22)18(25)16(21)12-3-9-26-10-4-12;/h1-2,11-12,16H,3-10,21H2;1H. The Morgan fingerprint density at radius 3 is 2.22 bits per heavy atom. The number of nitrogens with two attached hydrogens (primary N) is 1. The first-order valence-electron chi connectivity index (χ1n) is 8.84. The van der Waals surface area contributed by atoms with Crippen molar-refractivity contribution < 1.29 is 23.1 Å². The fourth-order valence-corrected chi connectivity index (χ4v) is 3.43. The van der Waals surface area contributed by atoms with Gasteiger partial charge in [0.15, 0.2) is 11.6 Å². The number of piperazine rings is 1. The molecule has 150 valence electrons. The lowest BCUT2D eigenvalue weighted by Crippen LogP contribution is -2.56. The molecule has 1 unspecified atom stereocenters. The van der Waals surface area contributed by atoms with E-state index in [0.29, 0.717) is 39.4 Å². The van der Waals surface area contributed by atoms with Crippen molar-refractivity contribution in [2.75, 3.05) is 39.4 Å². The lowest BCUT2D eigenvalue weighted by Gasteiger charge is -2.37. The van der Waals surface area contributed by atoms with Gasteiger partial charge in [-0.3, -0.25) is 9.59 Å². The first-order valence-corrected chi connectivity index (χ1v) is 8.84. The molecule has 3 rings (SSSR count). The summed E-state index contributed by atoms with van der Waals surface area (Å²) in [5, 5.41) is 0. The summed E-state index contributed by atoms with van der Waals surface area (Å²) >= 11 is 0. The molecule has 1 aromatic rings. The third kappa shape index (κ3) is 4.94. The molecule has 0 spiro atoms. The lowest BCUT2D eigenvalue weighted by atomic mass is 9.91. The van der Waals surface area contributed by atoms with Crippen LogP contribution < -0.4 is 5.73 Å². The van der Waals surface area contributed by atoms with Crippen LogP contribution in [-0.2, 0) is 9.53 Å².